The molecule has 1 atom stereocenters. The van der Waals surface area contributed by atoms with Crippen LogP contribution in [0.5, 0.6) is 0 Å². The van der Waals surface area contributed by atoms with Gasteiger partial charge in [0.2, 0.25) is 5.91 Å². The minimum atomic E-state index is -0.285. The number of hydrogen-bond acceptors (Lipinski definition) is 3. The standard InChI is InChI=1S/C17H16ClNO2S/c1-11(20)13-7-9-14(10-8-13)19-17(21)12(2)22-16-6-4-3-5-15(16)18/h3-10,12H,1-2H3,(H,19,21)/t12-/m0/s1. The van der Waals surface area contributed by atoms with Crippen molar-refractivity contribution in [3.63, 3.8) is 0 Å². The SMILES string of the molecule is CC(=O)c1ccc(NC(=O)[C@H](C)Sc2ccccc2Cl)cc1. The summed E-state index contributed by atoms with van der Waals surface area (Å²) >= 11 is 7.50. The number of hydrogen-bond donors (Lipinski definition) is 1. The first-order chi connectivity index (χ1) is 10.5. The fourth-order valence-electron chi connectivity index (χ4n) is 1.82. The lowest BCUT2D eigenvalue weighted by molar-refractivity contribution is -0.115. The summed E-state index contributed by atoms with van der Waals surface area (Å²) in [6.07, 6.45) is 0. The lowest BCUT2D eigenvalue weighted by Gasteiger charge is -2.13. The third-order valence-corrected chi connectivity index (χ3v) is 4.69. The van der Waals surface area contributed by atoms with E-state index in [-0.39, 0.29) is 16.9 Å². The van der Waals surface area contributed by atoms with Crippen LogP contribution in [-0.4, -0.2) is 16.9 Å². The van der Waals surface area contributed by atoms with Gasteiger partial charge in [0.05, 0.1) is 10.3 Å². The first-order valence-corrected chi connectivity index (χ1v) is 8.06. The van der Waals surface area contributed by atoms with E-state index in [1.165, 1.54) is 18.7 Å². The molecule has 0 heterocycles. The number of thioether (sulfide) groups is 1. The number of ketones is 1. The Morgan fingerprint density at radius 2 is 1.73 bits per heavy atom. The van der Waals surface area contributed by atoms with E-state index >= 15 is 0 Å². The van der Waals surface area contributed by atoms with Gasteiger partial charge in [0.15, 0.2) is 5.78 Å². The summed E-state index contributed by atoms with van der Waals surface area (Å²) < 4.78 is 0. The molecule has 0 saturated carbocycles. The Morgan fingerprint density at radius 3 is 2.32 bits per heavy atom. The number of rotatable bonds is 5. The molecule has 0 unspecified atom stereocenters. The maximum Gasteiger partial charge on any atom is 0.237 e. The van der Waals surface area contributed by atoms with Gasteiger partial charge >= 0.3 is 0 Å². The molecule has 2 rings (SSSR count). The van der Waals surface area contributed by atoms with Crippen LogP contribution in [0.4, 0.5) is 5.69 Å². The van der Waals surface area contributed by atoms with Crippen LogP contribution in [0.2, 0.25) is 5.02 Å². The molecule has 1 N–H and O–H groups in total. The summed E-state index contributed by atoms with van der Waals surface area (Å²) in [5.74, 6) is -0.110. The maximum absolute atomic E-state index is 12.2. The van der Waals surface area contributed by atoms with Crippen LogP contribution in [-0.2, 0) is 4.79 Å². The van der Waals surface area contributed by atoms with E-state index in [4.69, 9.17) is 11.6 Å². The van der Waals surface area contributed by atoms with Crippen molar-refractivity contribution >= 4 is 40.7 Å². The molecule has 0 spiro atoms. The Kier molecular flexibility index (Phi) is 5.63. The summed E-state index contributed by atoms with van der Waals surface area (Å²) in [5, 5.41) is 3.19. The minimum Gasteiger partial charge on any atom is -0.325 e. The Bertz CT molecular complexity index is 685. The van der Waals surface area contributed by atoms with E-state index in [1.807, 2.05) is 25.1 Å². The second kappa shape index (κ2) is 7.47. The number of nitrogens with one attached hydrogen (secondary N) is 1. The first kappa shape index (κ1) is 16.6. The molecule has 5 heteroatoms. The van der Waals surface area contributed by atoms with Gasteiger partial charge < -0.3 is 5.32 Å². The van der Waals surface area contributed by atoms with Gasteiger partial charge in [-0.2, -0.15) is 0 Å². The van der Waals surface area contributed by atoms with Crippen molar-refractivity contribution in [2.45, 2.75) is 24.0 Å². The average Bonchev–Trinajstić information content (AvgIpc) is 2.50. The molecule has 1 amide bonds. The molecule has 3 nitrogen and oxygen atoms in total. The van der Waals surface area contributed by atoms with Gasteiger partial charge in [-0.25, -0.2) is 0 Å². The quantitative estimate of drug-likeness (QED) is 0.639. The van der Waals surface area contributed by atoms with Crippen molar-refractivity contribution < 1.29 is 9.59 Å². The minimum absolute atomic E-state index is 0.000481. The normalized spacial score (nSPS) is 11.8. The molecule has 0 fully saturated rings. The van der Waals surface area contributed by atoms with Crippen LogP contribution in [0.25, 0.3) is 0 Å². The number of benzene rings is 2. The van der Waals surface area contributed by atoms with E-state index in [9.17, 15) is 9.59 Å². The number of carbonyl (C=O) groups is 2. The highest BCUT2D eigenvalue weighted by molar-refractivity contribution is 8.00. The van der Waals surface area contributed by atoms with Gasteiger partial charge in [0.1, 0.15) is 0 Å². The number of anilines is 1. The van der Waals surface area contributed by atoms with Crippen LogP contribution in [0.3, 0.4) is 0 Å². The molecule has 114 valence electrons. The van der Waals surface area contributed by atoms with E-state index in [0.29, 0.717) is 16.3 Å². The van der Waals surface area contributed by atoms with Crippen LogP contribution in [0, 0.1) is 0 Å². The van der Waals surface area contributed by atoms with Gasteiger partial charge in [-0.05, 0) is 50.2 Å². The second-order valence-electron chi connectivity index (χ2n) is 4.81. The van der Waals surface area contributed by atoms with Gasteiger partial charge in [-0.1, -0.05) is 23.7 Å². The third kappa shape index (κ3) is 4.36. The molecule has 0 radical (unpaired) electrons. The molecular weight excluding hydrogens is 318 g/mol. The zero-order valence-corrected chi connectivity index (χ0v) is 13.9. The Morgan fingerprint density at radius 1 is 1.09 bits per heavy atom. The van der Waals surface area contributed by atoms with E-state index in [0.717, 1.165) is 4.90 Å². The van der Waals surface area contributed by atoms with Crippen LogP contribution >= 0.6 is 23.4 Å². The first-order valence-electron chi connectivity index (χ1n) is 6.80. The summed E-state index contributed by atoms with van der Waals surface area (Å²) in [5.41, 5.74) is 1.29. The van der Waals surface area contributed by atoms with Crippen molar-refractivity contribution in [2.75, 3.05) is 5.32 Å². The van der Waals surface area contributed by atoms with Crippen molar-refractivity contribution in [2.24, 2.45) is 0 Å². The lowest BCUT2D eigenvalue weighted by atomic mass is 10.1. The maximum atomic E-state index is 12.2. The molecule has 0 aliphatic heterocycles. The molecule has 0 bridgehead atoms. The predicted molar refractivity (Wildman–Crippen MR) is 91.8 cm³/mol. The number of halogens is 1. The Balaban J connectivity index is 1.99. The van der Waals surface area contributed by atoms with Crippen LogP contribution < -0.4 is 5.32 Å². The predicted octanol–water partition coefficient (Wildman–Crippen LogP) is 4.66. The Hall–Kier alpha value is -1.78. The van der Waals surface area contributed by atoms with Crippen LogP contribution in [0.15, 0.2) is 53.4 Å². The lowest BCUT2D eigenvalue weighted by Crippen LogP contribution is -2.22. The Labute approximate surface area is 139 Å². The molecule has 22 heavy (non-hydrogen) atoms. The monoisotopic (exact) mass is 333 g/mol. The van der Waals surface area contributed by atoms with Crippen molar-refractivity contribution in [3.8, 4) is 0 Å². The number of carbonyl (C=O) groups excluding carboxylic acids is 2. The van der Waals surface area contributed by atoms with E-state index in [2.05, 4.69) is 5.32 Å². The summed E-state index contributed by atoms with van der Waals surface area (Å²) in [6, 6.07) is 14.3. The van der Waals surface area contributed by atoms with E-state index in [1.54, 1.807) is 30.3 Å². The fraction of sp³-hybridized carbons (Fsp3) is 0.176. The van der Waals surface area contributed by atoms with Gasteiger partial charge in [0, 0.05) is 16.1 Å². The molecule has 0 aliphatic rings. The van der Waals surface area contributed by atoms with E-state index < -0.39 is 0 Å². The molecule has 2 aromatic rings. The molecule has 0 saturated heterocycles. The fourth-order valence-corrected chi connectivity index (χ4v) is 2.97. The zero-order valence-electron chi connectivity index (χ0n) is 12.3. The molecule has 2 aromatic carbocycles. The highest BCUT2D eigenvalue weighted by atomic mass is 35.5. The third-order valence-electron chi connectivity index (χ3n) is 3.07. The number of Topliss-reactive ketones (excluding diaryl/α,β-unsaturated/α-hetero) is 1. The summed E-state index contributed by atoms with van der Waals surface area (Å²) in [6.45, 7) is 3.34. The second-order valence-corrected chi connectivity index (χ2v) is 6.60. The largest absolute Gasteiger partial charge is 0.325 e. The van der Waals surface area contributed by atoms with Gasteiger partial charge in [-0.15, -0.1) is 11.8 Å². The molecule has 0 aliphatic carbocycles. The zero-order chi connectivity index (χ0) is 16.1. The van der Waals surface area contributed by atoms with Gasteiger partial charge in [-0.3, -0.25) is 9.59 Å². The molecule has 0 aromatic heterocycles. The number of amides is 1. The highest BCUT2D eigenvalue weighted by Crippen LogP contribution is 2.30. The van der Waals surface area contributed by atoms with Gasteiger partial charge in [0.25, 0.3) is 0 Å². The van der Waals surface area contributed by atoms with Crippen molar-refractivity contribution in [1.29, 1.82) is 0 Å². The summed E-state index contributed by atoms with van der Waals surface area (Å²) in [4.78, 5) is 24.3. The smallest absolute Gasteiger partial charge is 0.237 e. The summed E-state index contributed by atoms with van der Waals surface area (Å²) in [7, 11) is 0. The van der Waals surface area contributed by atoms with Crippen molar-refractivity contribution in [1.82, 2.24) is 0 Å². The topological polar surface area (TPSA) is 46.2 Å². The molecular formula is C17H16ClNO2S. The van der Waals surface area contributed by atoms with Crippen LogP contribution in [0.1, 0.15) is 24.2 Å². The average molecular weight is 334 g/mol. The highest BCUT2D eigenvalue weighted by Gasteiger charge is 2.16. The van der Waals surface area contributed by atoms with Crippen molar-refractivity contribution in [3.05, 3.63) is 59.1 Å².